The van der Waals surface area contributed by atoms with E-state index in [0.29, 0.717) is 12.2 Å². The number of rotatable bonds is 8. The van der Waals surface area contributed by atoms with Gasteiger partial charge in [-0.1, -0.05) is 6.92 Å². The van der Waals surface area contributed by atoms with E-state index in [4.69, 9.17) is 9.47 Å². The number of methoxy groups -OCH3 is 1. The molecule has 1 aliphatic carbocycles. The Morgan fingerprint density at radius 1 is 1.33 bits per heavy atom. The van der Waals surface area contributed by atoms with Gasteiger partial charge in [-0.3, -0.25) is 0 Å². The predicted octanol–water partition coefficient (Wildman–Crippen LogP) is 4.03. The predicted molar refractivity (Wildman–Crippen MR) is 88.9 cm³/mol. The number of hydrogen-bond donors (Lipinski definition) is 1. The second-order valence-electron chi connectivity index (χ2n) is 5.93. The van der Waals surface area contributed by atoms with Gasteiger partial charge >= 0.3 is 0 Å². The molecule has 1 aromatic heterocycles. The minimum absolute atomic E-state index is 0.365. The van der Waals surface area contributed by atoms with Crippen molar-refractivity contribution in [2.24, 2.45) is 0 Å². The Labute approximate surface area is 133 Å². The van der Waals surface area contributed by atoms with Crippen LogP contribution in [-0.4, -0.2) is 25.9 Å². The highest BCUT2D eigenvalue weighted by atomic mass is 32.1. The second kappa shape index (κ2) is 8.89. The Balaban J connectivity index is 1.79. The molecule has 1 saturated carbocycles. The Bertz CT molecular complexity index is 419. The van der Waals surface area contributed by atoms with E-state index in [-0.39, 0.29) is 0 Å². The van der Waals surface area contributed by atoms with Gasteiger partial charge in [0.25, 0.3) is 0 Å². The van der Waals surface area contributed by atoms with Gasteiger partial charge in [0.05, 0.1) is 18.8 Å². The largest absolute Gasteiger partial charge is 0.381 e. The molecule has 2 rings (SSSR count). The first kappa shape index (κ1) is 16.9. The van der Waals surface area contributed by atoms with Gasteiger partial charge in [0.15, 0.2) is 0 Å². The third-order valence-corrected chi connectivity index (χ3v) is 5.28. The van der Waals surface area contributed by atoms with Crippen LogP contribution in [0.5, 0.6) is 0 Å². The normalized spacial score (nSPS) is 22.6. The lowest BCUT2D eigenvalue weighted by molar-refractivity contribution is -0.0363. The highest BCUT2D eigenvalue weighted by molar-refractivity contribution is 7.12. The average Bonchev–Trinajstić information content (AvgIpc) is 2.86. The smallest absolute Gasteiger partial charge is 0.0731 e. The molecule has 2 atom stereocenters. The summed E-state index contributed by atoms with van der Waals surface area (Å²) in [6.07, 6.45) is 6.56. The van der Waals surface area contributed by atoms with Gasteiger partial charge in [-0.05, 0) is 57.2 Å². The highest BCUT2D eigenvalue weighted by Gasteiger charge is 2.22. The van der Waals surface area contributed by atoms with Gasteiger partial charge in [-0.25, -0.2) is 0 Å². The van der Waals surface area contributed by atoms with Gasteiger partial charge in [0.2, 0.25) is 0 Å². The number of hydrogen-bond acceptors (Lipinski definition) is 4. The molecule has 0 aromatic carbocycles. The van der Waals surface area contributed by atoms with Gasteiger partial charge in [-0.15, -0.1) is 11.3 Å². The lowest BCUT2D eigenvalue weighted by atomic mass is 9.95. The first-order valence-corrected chi connectivity index (χ1v) is 8.97. The fraction of sp³-hybridized carbons (Fsp3) is 0.765. The van der Waals surface area contributed by atoms with E-state index in [1.807, 2.05) is 18.4 Å². The van der Waals surface area contributed by atoms with E-state index < -0.39 is 0 Å². The van der Waals surface area contributed by atoms with Crippen molar-refractivity contribution in [3.05, 3.63) is 21.4 Å². The highest BCUT2D eigenvalue weighted by Crippen LogP contribution is 2.26. The first-order chi connectivity index (χ1) is 10.2. The molecule has 120 valence electrons. The molecule has 0 amide bonds. The zero-order chi connectivity index (χ0) is 15.1. The fourth-order valence-electron chi connectivity index (χ4n) is 2.88. The molecule has 1 fully saturated rings. The average molecular weight is 311 g/mol. The summed E-state index contributed by atoms with van der Waals surface area (Å²) in [5.41, 5.74) is 1.35. The summed E-state index contributed by atoms with van der Waals surface area (Å²) in [4.78, 5) is 2.81. The summed E-state index contributed by atoms with van der Waals surface area (Å²) in [6, 6.07) is 2.30. The van der Waals surface area contributed by atoms with Crippen molar-refractivity contribution in [3.63, 3.8) is 0 Å². The van der Waals surface area contributed by atoms with Crippen LogP contribution in [0.25, 0.3) is 0 Å². The van der Waals surface area contributed by atoms with Crippen molar-refractivity contribution in [2.75, 3.05) is 13.7 Å². The van der Waals surface area contributed by atoms with E-state index in [2.05, 4.69) is 25.2 Å². The van der Waals surface area contributed by atoms with Crippen molar-refractivity contribution in [3.8, 4) is 0 Å². The molecular formula is C17H29NO2S. The SMILES string of the molecule is CCCNCc1cc(COC2CCCC(OC)C2)c(C)s1. The van der Waals surface area contributed by atoms with E-state index in [1.165, 1.54) is 41.0 Å². The topological polar surface area (TPSA) is 30.5 Å². The summed E-state index contributed by atoms with van der Waals surface area (Å²) in [6.45, 7) is 7.21. The van der Waals surface area contributed by atoms with Crippen LogP contribution in [0.3, 0.4) is 0 Å². The lowest BCUT2D eigenvalue weighted by Crippen LogP contribution is -2.27. The van der Waals surface area contributed by atoms with Crippen LogP contribution in [0.4, 0.5) is 0 Å². The molecule has 1 heterocycles. The van der Waals surface area contributed by atoms with Crippen LogP contribution in [0.15, 0.2) is 6.07 Å². The van der Waals surface area contributed by atoms with Crippen LogP contribution in [0, 0.1) is 6.92 Å². The third kappa shape index (κ3) is 5.37. The van der Waals surface area contributed by atoms with Crippen LogP contribution in [-0.2, 0) is 22.6 Å². The van der Waals surface area contributed by atoms with Gasteiger partial charge < -0.3 is 14.8 Å². The van der Waals surface area contributed by atoms with Crippen LogP contribution >= 0.6 is 11.3 Å². The molecule has 0 aliphatic heterocycles. The standard InChI is InChI=1S/C17H29NO2S/c1-4-8-18-11-17-9-14(13(2)21-17)12-20-16-7-5-6-15(10-16)19-3/h9,15-16,18H,4-8,10-12H2,1-3H3. The molecule has 4 heteroatoms. The minimum Gasteiger partial charge on any atom is -0.381 e. The Kier molecular flexibility index (Phi) is 7.17. The summed E-state index contributed by atoms with van der Waals surface area (Å²) in [7, 11) is 1.81. The first-order valence-electron chi connectivity index (χ1n) is 8.16. The van der Waals surface area contributed by atoms with Crippen molar-refractivity contribution in [2.45, 2.75) is 71.3 Å². The van der Waals surface area contributed by atoms with Gasteiger partial charge in [0.1, 0.15) is 0 Å². The van der Waals surface area contributed by atoms with E-state index >= 15 is 0 Å². The molecule has 0 saturated heterocycles. The van der Waals surface area contributed by atoms with E-state index in [1.54, 1.807) is 0 Å². The van der Waals surface area contributed by atoms with Crippen LogP contribution in [0.2, 0.25) is 0 Å². The fourth-order valence-corrected chi connectivity index (χ4v) is 3.90. The molecule has 0 bridgehead atoms. The van der Waals surface area contributed by atoms with Gasteiger partial charge in [-0.2, -0.15) is 0 Å². The molecular weight excluding hydrogens is 282 g/mol. The summed E-state index contributed by atoms with van der Waals surface area (Å²) in [5.74, 6) is 0. The van der Waals surface area contributed by atoms with Crippen molar-refractivity contribution in [1.82, 2.24) is 5.32 Å². The van der Waals surface area contributed by atoms with Crippen molar-refractivity contribution < 1.29 is 9.47 Å². The number of nitrogens with one attached hydrogen (secondary N) is 1. The second-order valence-corrected chi connectivity index (χ2v) is 7.27. The molecule has 1 aliphatic rings. The summed E-state index contributed by atoms with van der Waals surface area (Å²) in [5, 5.41) is 3.46. The number of thiophene rings is 1. The molecule has 0 radical (unpaired) electrons. The zero-order valence-corrected chi connectivity index (χ0v) is 14.4. The number of ether oxygens (including phenoxy) is 2. The molecule has 3 nitrogen and oxygen atoms in total. The van der Waals surface area contributed by atoms with Crippen molar-refractivity contribution in [1.29, 1.82) is 0 Å². The van der Waals surface area contributed by atoms with Crippen LogP contribution in [0.1, 0.15) is 54.3 Å². The minimum atomic E-state index is 0.365. The Hall–Kier alpha value is -0.420. The maximum absolute atomic E-state index is 6.13. The van der Waals surface area contributed by atoms with Gasteiger partial charge in [0, 0.05) is 23.4 Å². The molecule has 0 spiro atoms. The van der Waals surface area contributed by atoms with Crippen molar-refractivity contribution >= 4 is 11.3 Å². The summed E-state index contributed by atoms with van der Waals surface area (Å²) >= 11 is 1.89. The number of aryl methyl sites for hydroxylation is 1. The maximum Gasteiger partial charge on any atom is 0.0731 e. The Morgan fingerprint density at radius 3 is 2.90 bits per heavy atom. The third-order valence-electron chi connectivity index (χ3n) is 4.18. The maximum atomic E-state index is 6.13. The summed E-state index contributed by atoms with van der Waals surface area (Å²) < 4.78 is 11.6. The van der Waals surface area contributed by atoms with E-state index in [9.17, 15) is 0 Å². The molecule has 2 unspecified atom stereocenters. The van der Waals surface area contributed by atoms with E-state index in [0.717, 1.165) is 26.1 Å². The lowest BCUT2D eigenvalue weighted by Gasteiger charge is -2.28. The molecule has 1 N–H and O–H groups in total. The quantitative estimate of drug-likeness (QED) is 0.735. The monoisotopic (exact) mass is 311 g/mol. The van der Waals surface area contributed by atoms with Crippen LogP contribution < -0.4 is 5.32 Å². The molecule has 21 heavy (non-hydrogen) atoms. The molecule has 1 aromatic rings. The Morgan fingerprint density at radius 2 is 2.14 bits per heavy atom. The zero-order valence-electron chi connectivity index (χ0n) is 13.6.